The Morgan fingerprint density at radius 1 is 1.08 bits per heavy atom. The summed E-state index contributed by atoms with van der Waals surface area (Å²) in [6, 6.07) is 4.02. The van der Waals surface area contributed by atoms with Crippen molar-refractivity contribution in [3.05, 3.63) is 35.4 Å². The van der Waals surface area contributed by atoms with Gasteiger partial charge < -0.3 is 10.6 Å². The first-order valence-electron chi connectivity index (χ1n) is 8.06. The molecule has 1 aromatic carbocycles. The molecule has 142 valence electrons. The maximum atomic E-state index is 12.5. The van der Waals surface area contributed by atoms with Crippen molar-refractivity contribution < 1.29 is 22.8 Å². The lowest BCUT2D eigenvalue weighted by Crippen LogP contribution is -2.51. The number of hydrogen-bond acceptors (Lipinski definition) is 3. The number of halogens is 3. The van der Waals surface area contributed by atoms with Gasteiger partial charge in [0.15, 0.2) is 5.11 Å². The highest BCUT2D eigenvalue weighted by atomic mass is 32.1. The van der Waals surface area contributed by atoms with Gasteiger partial charge in [-0.2, -0.15) is 13.2 Å². The predicted molar refractivity (Wildman–Crippen MR) is 93.0 cm³/mol. The third kappa shape index (κ3) is 6.17. The van der Waals surface area contributed by atoms with Gasteiger partial charge in [-0.25, -0.2) is 0 Å². The van der Waals surface area contributed by atoms with Crippen molar-refractivity contribution in [2.24, 2.45) is 0 Å². The van der Waals surface area contributed by atoms with Crippen molar-refractivity contribution in [1.29, 1.82) is 0 Å². The first-order valence-corrected chi connectivity index (χ1v) is 8.47. The zero-order chi connectivity index (χ0) is 19.2. The summed E-state index contributed by atoms with van der Waals surface area (Å²) < 4.78 is 37.4. The van der Waals surface area contributed by atoms with Gasteiger partial charge in [0.05, 0.1) is 12.1 Å². The third-order valence-corrected chi connectivity index (χ3v) is 4.11. The van der Waals surface area contributed by atoms with Crippen molar-refractivity contribution in [3.8, 4) is 0 Å². The molecule has 0 aliphatic heterocycles. The molecular formula is C16H19F3N4O2S. The van der Waals surface area contributed by atoms with Crippen LogP contribution in [0.4, 0.5) is 13.2 Å². The molecule has 1 aromatic rings. The van der Waals surface area contributed by atoms with Gasteiger partial charge in [-0.05, 0) is 49.3 Å². The van der Waals surface area contributed by atoms with Gasteiger partial charge in [0.2, 0.25) is 0 Å². The third-order valence-electron chi connectivity index (χ3n) is 3.89. The van der Waals surface area contributed by atoms with Crippen molar-refractivity contribution in [3.63, 3.8) is 0 Å². The Hall–Kier alpha value is -2.36. The fourth-order valence-electron chi connectivity index (χ4n) is 2.54. The molecule has 10 heteroatoms. The molecule has 1 saturated carbocycles. The Labute approximate surface area is 153 Å². The smallest absolute Gasteiger partial charge is 0.359 e. The second-order valence-electron chi connectivity index (χ2n) is 5.89. The van der Waals surface area contributed by atoms with Gasteiger partial charge >= 0.3 is 6.18 Å². The maximum Gasteiger partial charge on any atom is 0.416 e. The number of alkyl halides is 3. The molecule has 0 saturated heterocycles. The molecule has 1 aliphatic rings. The lowest BCUT2D eigenvalue weighted by Gasteiger charge is -2.16. The minimum atomic E-state index is -4.47. The van der Waals surface area contributed by atoms with Crippen LogP contribution in [-0.4, -0.2) is 29.5 Å². The van der Waals surface area contributed by atoms with Crippen LogP contribution in [0.5, 0.6) is 0 Å². The number of nitrogens with one attached hydrogen (secondary N) is 4. The summed E-state index contributed by atoms with van der Waals surface area (Å²) >= 11 is 5.05. The van der Waals surface area contributed by atoms with Gasteiger partial charge in [0.25, 0.3) is 11.8 Å². The van der Waals surface area contributed by atoms with E-state index in [4.69, 9.17) is 12.2 Å². The number of hydrazine groups is 1. The molecule has 0 unspecified atom stereocenters. The maximum absolute atomic E-state index is 12.5. The molecule has 2 rings (SSSR count). The average Bonchev–Trinajstić information content (AvgIpc) is 3.10. The number of thiocarbonyl (C=S) groups is 1. The van der Waals surface area contributed by atoms with E-state index >= 15 is 0 Å². The van der Waals surface area contributed by atoms with Gasteiger partial charge in [-0.15, -0.1) is 0 Å². The average molecular weight is 388 g/mol. The van der Waals surface area contributed by atoms with Crippen LogP contribution >= 0.6 is 12.2 Å². The summed E-state index contributed by atoms with van der Waals surface area (Å²) in [5, 5.41) is 5.68. The van der Waals surface area contributed by atoms with E-state index < -0.39 is 23.6 Å². The van der Waals surface area contributed by atoms with Crippen LogP contribution in [0.1, 0.15) is 41.6 Å². The van der Waals surface area contributed by atoms with Crippen molar-refractivity contribution in [2.75, 3.05) is 6.54 Å². The second-order valence-corrected chi connectivity index (χ2v) is 6.29. The van der Waals surface area contributed by atoms with Crippen LogP contribution in [-0.2, 0) is 11.0 Å². The van der Waals surface area contributed by atoms with E-state index in [2.05, 4.69) is 21.5 Å². The normalized spacial score (nSPS) is 14.6. The van der Waals surface area contributed by atoms with Crippen LogP contribution < -0.4 is 21.5 Å². The van der Waals surface area contributed by atoms with Gasteiger partial charge in [-0.3, -0.25) is 20.4 Å². The van der Waals surface area contributed by atoms with Gasteiger partial charge in [0, 0.05) is 11.6 Å². The Bertz CT molecular complexity index is 658. The number of hydrogen-bond donors (Lipinski definition) is 4. The second kappa shape index (κ2) is 8.84. The topological polar surface area (TPSA) is 82.3 Å². The molecule has 6 nitrogen and oxygen atoms in total. The molecule has 0 spiro atoms. The van der Waals surface area contributed by atoms with E-state index in [1.54, 1.807) is 0 Å². The lowest BCUT2D eigenvalue weighted by atomic mass is 10.1. The number of benzene rings is 1. The zero-order valence-electron chi connectivity index (χ0n) is 13.8. The number of carbonyl (C=O) groups excluding carboxylic acids is 2. The molecular weight excluding hydrogens is 369 g/mol. The first kappa shape index (κ1) is 20.0. The predicted octanol–water partition coefficient (Wildman–Crippen LogP) is 1.87. The Morgan fingerprint density at radius 3 is 2.27 bits per heavy atom. The number of rotatable bonds is 4. The molecule has 2 amide bonds. The summed E-state index contributed by atoms with van der Waals surface area (Å²) in [6.07, 6.45) is -0.130. The molecule has 0 atom stereocenters. The van der Waals surface area contributed by atoms with Gasteiger partial charge in [0.1, 0.15) is 0 Å². The standard InChI is InChI=1S/C16H19F3N4O2S/c17-16(18,19)11-7-5-10(6-8-11)14(25)20-9-13(24)22-23-15(26)21-12-3-1-2-4-12/h5-8,12H,1-4,9H2,(H,20,25)(H,22,24)(H2,21,23,26). The van der Waals surface area contributed by atoms with Crippen molar-refractivity contribution in [1.82, 2.24) is 21.5 Å². The van der Waals surface area contributed by atoms with E-state index in [9.17, 15) is 22.8 Å². The summed E-state index contributed by atoms with van der Waals surface area (Å²) in [5.41, 5.74) is 4.05. The molecule has 0 aromatic heterocycles. The lowest BCUT2D eigenvalue weighted by molar-refractivity contribution is -0.137. The van der Waals surface area contributed by atoms with E-state index in [0.717, 1.165) is 49.9 Å². The minimum Gasteiger partial charge on any atom is -0.359 e. The van der Waals surface area contributed by atoms with E-state index in [1.807, 2.05) is 0 Å². The highest BCUT2D eigenvalue weighted by Gasteiger charge is 2.30. The van der Waals surface area contributed by atoms with Crippen LogP contribution in [0.3, 0.4) is 0 Å². The summed E-state index contributed by atoms with van der Waals surface area (Å²) in [5.74, 6) is -1.19. The SMILES string of the molecule is O=C(CNC(=O)c1ccc(C(F)(F)F)cc1)NNC(=S)NC1CCCC1. The van der Waals surface area contributed by atoms with Crippen LogP contribution in [0.2, 0.25) is 0 Å². The highest BCUT2D eigenvalue weighted by molar-refractivity contribution is 7.80. The molecule has 4 N–H and O–H groups in total. The Morgan fingerprint density at radius 2 is 1.69 bits per heavy atom. The molecule has 1 fully saturated rings. The first-order chi connectivity index (χ1) is 12.3. The van der Waals surface area contributed by atoms with Crippen LogP contribution in [0, 0.1) is 0 Å². The summed E-state index contributed by atoms with van der Waals surface area (Å²) in [7, 11) is 0. The molecule has 1 aliphatic carbocycles. The number of amides is 2. The van der Waals surface area contributed by atoms with Crippen LogP contribution in [0.15, 0.2) is 24.3 Å². The quantitative estimate of drug-likeness (QED) is 0.468. The van der Waals surface area contributed by atoms with Gasteiger partial charge in [-0.1, -0.05) is 12.8 Å². The number of carbonyl (C=O) groups is 2. The Balaban J connectivity index is 1.71. The zero-order valence-corrected chi connectivity index (χ0v) is 14.6. The van der Waals surface area contributed by atoms with Crippen molar-refractivity contribution >= 4 is 29.1 Å². The molecule has 0 radical (unpaired) electrons. The fraction of sp³-hybridized carbons (Fsp3) is 0.438. The van der Waals surface area contributed by atoms with E-state index in [1.165, 1.54) is 0 Å². The molecule has 0 bridgehead atoms. The van der Waals surface area contributed by atoms with Crippen LogP contribution in [0.25, 0.3) is 0 Å². The van der Waals surface area contributed by atoms with E-state index in [0.29, 0.717) is 11.2 Å². The van der Waals surface area contributed by atoms with E-state index in [-0.39, 0.29) is 12.1 Å². The molecule has 26 heavy (non-hydrogen) atoms. The van der Waals surface area contributed by atoms with Crippen molar-refractivity contribution in [2.45, 2.75) is 37.9 Å². The largest absolute Gasteiger partial charge is 0.416 e. The fourth-order valence-corrected chi connectivity index (χ4v) is 2.75. The summed E-state index contributed by atoms with van der Waals surface area (Å²) in [4.78, 5) is 23.5. The summed E-state index contributed by atoms with van der Waals surface area (Å²) in [6.45, 7) is -0.348. The molecule has 0 heterocycles. The highest BCUT2D eigenvalue weighted by Crippen LogP contribution is 2.29. The minimum absolute atomic E-state index is 0.0252. The monoisotopic (exact) mass is 388 g/mol. The Kier molecular flexibility index (Phi) is 6.78.